The molecule has 1 aromatic heterocycles. The van der Waals surface area contributed by atoms with Crippen LogP contribution in [0.4, 0.5) is 35.1 Å². The minimum atomic E-state index is -6.05. The maximum atomic E-state index is 13.3. The number of amides is 1. The zero-order valence-corrected chi connectivity index (χ0v) is 21.5. The molecule has 1 aliphatic carbocycles. The summed E-state index contributed by atoms with van der Waals surface area (Å²) >= 11 is 0. The molecule has 1 heterocycles. The molecular formula is C27H24F8N2O2S. The van der Waals surface area contributed by atoms with Crippen LogP contribution in [0.1, 0.15) is 30.4 Å². The fourth-order valence-electron chi connectivity index (χ4n) is 4.15. The van der Waals surface area contributed by atoms with Crippen molar-refractivity contribution in [1.29, 1.82) is 0 Å². The van der Waals surface area contributed by atoms with Gasteiger partial charge < -0.3 is 5.32 Å². The fourth-order valence-corrected chi connectivity index (χ4v) is 5.69. The van der Waals surface area contributed by atoms with Crippen molar-refractivity contribution in [2.45, 2.75) is 59.9 Å². The first-order valence-electron chi connectivity index (χ1n) is 11.9. The molecule has 1 fully saturated rings. The van der Waals surface area contributed by atoms with Crippen LogP contribution in [0.2, 0.25) is 0 Å². The lowest BCUT2D eigenvalue weighted by atomic mass is 9.94. The molecule has 3 atom stereocenters. The largest absolute Gasteiger partial charge is 0.435 e. The number of benzene rings is 2. The van der Waals surface area contributed by atoms with Gasteiger partial charge in [0.25, 0.3) is 0 Å². The lowest BCUT2D eigenvalue weighted by molar-refractivity contribution is -0.348. The summed E-state index contributed by atoms with van der Waals surface area (Å²) in [7, 11) is -1.17. The van der Waals surface area contributed by atoms with Crippen LogP contribution in [0.3, 0.4) is 0 Å². The van der Waals surface area contributed by atoms with Crippen LogP contribution in [0.25, 0.3) is 0 Å². The smallest absolute Gasteiger partial charge is 0.353 e. The topological polar surface area (TPSA) is 59.1 Å². The molecule has 1 amide bonds. The summed E-state index contributed by atoms with van der Waals surface area (Å²) in [4.78, 5) is 16.7. The summed E-state index contributed by atoms with van der Waals surface area (Å²) in [5, 5.41) is 3.02. The van der Waals surface area contributed by atoms with E-state index in [-0.39, 0.29) is 23.0 Å². The Labute approximate surface area is 227 Å². The van der Waals surface area contributed by atoms with Gasteiger partial charge in [0.1, 0.15) is 5.82 Å². The number of nitrogens with one attached hydrogen (secondary N) is 1. The fraction of sp³-hybridized carbons (Fsp3) is 0.333. The van der Waals surface area contributed by atoms with Gasteiger partial charge in [-0.05, 0) is 61.2 Å². The van der Waals surface area contributed by atoms with Crippen molar-refractivity contribution in [2.24, 2.45) is 0 Å². The predicted octanol–water partition coefficient (Wildman–Crippen LogP) is 6.58. The summed E-state index contributed by atoms with van der Waals surface area (Å²) in [5.74, 6) is -0.358. The maximum absolute atomic E-state index is 13.3. The zero-order chi connectivity index (χ0) is 29.6. The van der Waals surface area contributed by atoms with Gasteiger partial charge in [0.05, 0.1) is 17.2 Å². The van der Waals surface area contributed by atoms with Crippen molar-refractivity contribution in [2.75, 3.05) is 0 Å². The van der Waals surface area contributed by atoms with Crippen LogP contribution < -0.4 is 5.32 Å². The van der Waals surface area contributed by atoms with Gasteiger partial charge in [-0.1, -0.05) is 30.3 Å². The van der Waals surface area contributed by atoms with Gasteiger partial charge >= 0.3 is 18.0 Å². The van der Waals surface area contributed by atoms with Gasteiger partial charge in [-0.15, -0.1) is 0 Å². The summed E-state index contributed by atoms with van der Waals surface area (Å²) < 4.78 is 112. The van der Waals surface area contributed by atoms with E-state index in [2.05, 4.69) is 10.3 Å². The highest BCUT2D eigenvalue weighted by atomic mass is 32.2. The van der Waals surface area contributed by atoms with Gasteiger partial charge in [0.15, 0.2) is 0 Å². The Kier molecular flexibility index (Phi) is 10.0. The third-order valence-electron chi connectivity index (χ3n) is 6.17. The van der Waals surface area contributed by atoms with E-state index in [4.69, 9.17) is 0 Å². The number of halogens is 8. The lowest BCUT2D eigenvalue weighted by Crippen LogP contribution is -2.50. The predicted molar refractivity (Wildman–Crippen MR) is 132 cm³/mol. The SMILES string of the molecule is FC(F)(F)C(F)(c1ccccc1)C(F)(F)F.O=C(Cc1ccncc1)NC1CCC(S(=O)c2ccc(F)cc2)C1. The molecule has 4 nitrogen and oxygen atoms in total. The number of rotatable bonds is 6. The first-order chi connectivity index (χ1) is 18.7. The highest BCUT2D eigenvalue weighted by molar-refractivity contribution is 7.85. The zero-order valence-electron chi connectivity index (χ0n) is 20.7. The normalized spacial score (nSPS) is 18.4. The molecule has 0 saturated heterocycles. The molecule has 1 saturated carbocycles. The number of carbonyl (C=O) groups excluding carboxylic acids is 1. The van der Waals surface area contributed by atoms with Gasteiger partial charge in [-0.2, -0.15) is 26.3 Å². The Morgan fingerprint density at radius 2 is 1.43 bits per heavy atom. The van der Waals surface area contributed by atoms with E-state index >= 15 is 0 Å². The van der Waals surface area contributed by atoms with Crippen molar-refractivity contribution < 1.29 is 44.1 Å². The van der Waals surface area contributed by atoms with E-state index in [0.29, 0.717) is 29.9 Å². The third-order valence-corrected chi connectivity index (χ3v) is 7.94. The number of alkyl halides is 7. The number of carbonyl (C=O) groups is 1. The second-order valence-corrected chi connectivity index (χ2v) is 10.7. The third kappa shape index (κ3) is 7.64. The molecule has 2 aromatic carbocycles. The monoisotopic (exact) mass is 592 g/mol. The van der Waals surface area contributed by atoms with E-state index in [1.54, 1.807) is 24.5 Å². The molecule has 3 unspecified atom stereocenters. The van der Waals surface area contributed by atoms with Crippen LogP contribution in [0.5, 0.6) is 0 Å². The summed E-state index contributed by atoms with van der Waals surface area (Å²) in [6.07, 6.45) is -6.14. The molecule has 4 rings (SSSR count). The lowest BCUT2D eigenvalue weighted by Gasteiger charge is -2.30. The van der Waals surface area contributed by atoms with E-state index < -0.39 is 34.4 Å². The molecule has 216 valence electrons. The molecular weight excluding hydrogens is 568 g/mol. The number of hydrogen-bond acceptors (Lipinski definition) is 3. The maximum Gasteiger partial charge on any atom is 0.435 e. The number of aromatic nitrogens is 1. The Bertz CT molecular complexity index is 1260. The van der Waals surface area contributed by atoms with Crippen LogP contribution >= 0.6 is 0 Å². The quantitative estimate of drug-likeness (QED) is 0.329. The molecule has 0 radical (unpaired) electrons. The van der Waals surface area contributed by atoms with Gasteiger partial charge in [0.2, 0.25) is 5.91 Å². The van der Waals surface area contributed by atoms with Gasteiger partial charge in [-0.3, -0.25) is 14.0 Å². The van der Waals surface area contributed by atoms with Crippen LogP contribution in [0.15, 0.2) is 84.0 Å². The Morgan fingerprint density at radius 3 is 1.98 bits per heavy atom. The van der Waals surface area contributed by atoms with Gasteiger partial charge in [-0.25, -0.2) is 8.78 Å². The second-order valence-electron chi connectivity index (χ2n) is 9.00. The Balaban J connectivity index is 0.000000241. The minimum absolute atomic E-state index is 0.00156. The highest BCUT2D eigenvalue weighted by Crippen LogP contribution is 2.53. The van der Waals surface area contributed by atoms with Crippen molar-refractivity contribution >= 4 is 16.7 Å². The molecule has 1 N–H and O–H groups in total. The molecule has 13 heteroatoms. The number of hydrogen-bond donors (Lipinski definition) is 1. The van der Waals surface area contributed by atoms with Crippen LogP contribution in [-0.2, 0) is 27.7 Å². The van der Waals surface area contributed by atoms with E-state index in [1.807, 2.05) is 12.1 Å². The van der Waals surface area contributed by atoms with Crippen molar-refractivity contribution in [3.63, 3.8) is 0 Å². The summed E-state index contributed by atoms with van der Waals surface area (Å²) in [5.41, 5.74) is -5.89. The van der Waals surface area contributed by atoms with Crippen molar-refractivity contribution in [1.82, 2.24) is 10.3 Å². The van der Waals surface area contributed by atoms with Gasteiger partial charge in [0, 0.05) is 34.1 Å². The Hall–Kier alpha value is -3.35. The molecule has 1 aliphatic rings. The average Bonchev–Trinajstić information content (AvgIpc) is 3.36. The van der Waals surface area contributed by atoms with E-state index in [9.17, 15) is 44.1 Å². The summed E-state index contributed by atoms with van der Waals surface area (Å²) in [6.45, 7) is 0. The summed E-state index contributed by atoms with van der Waals surface area (Å²) in [6, 6.07) is 13.4. The first kappa shape index (κ1) is 31.2. The average molecular weight is 593 g/mol. The van der Waals surface area contributed by atoms with Crippen molar-refractivity contribution in [3.8, 4) is 0 Å². The molecule has 40 heavy (non-hydrogen) atoms. The Morgan fingerprint density at radius 1 is 0.850 bits per heavy atom. The molecule has 0 bridgehead atoms. The van der Waals surface area contributed by atoms with Crippen molar-refractivity contribution in [3.05, 3.63) is 96.1 Å². The standard InChI is InChI=1S/C18H19FN2O2S.C9H5F7/c19-14-1-4-16(5-2-14)24(23)17-6-3-15(12-17)21-18(22)11-13-7-9-20-10-8-13;10-7(8(11,12)13,9(14,15)16)6-4-2-1-3-5-6/h1-2,4-5,7-10,15,17H,3,6,11-12H2,(H,21,22);1-5H. The number of nitrogens with zero attached hydrogens (tertiary/aromatic N) is 1. The van der Waals surface area contributed by atoms with E-state index in [0.717, 1.165) is 30.5 Å². The molecule has 0 spiro atoms. The second kappa shape index (κ2) is 12.9. The van der Waals surface area contributed by atoms with Crippen LogP contribution in [0, 0.1) is 5.82 Å². The van der Waals surface area contributed by atoms with E-state index in [1.165, 1.54) is 18.2 Å². The molecule has 0 aliphatic heterocycles. The van der Waals surface area contributed by atoms with Crippen LogP contribution in [-0.4, -0.2) is 38.7 Å². The highest BCUT2D eigenvalue weighted by Gasteiger charge is 2.73. The molecule has 3 aromatic rings. The minimum Gasteiger partial charge on any atom is -0.353 e. The number of pyridine rings is 1. The first-order valence-corrected chi connectivity index (χ1v) is 13.2.